The van der Waals surface area contributed by atoms with Gasteiger partial charge in [0.2, 0.25) is 0 Å². The molecule has 0 spiro atoms. The summed E-state index contributed by atoms with van der Waals surface area (Å²) in [6.07, 6.45) is 1.37. The van der Waals surface area contributed by atoms with Gasteiger partial charge in [-0.2, -0.15) is 0 Å². The first-order valence-electron chi connectivity index (χ1n) is 10.9. The molecule has 0 aliphatic carbocycles. The number of esters is 1. The van der Waals surface area contributed by atoms with E-state index in [9.17, 15) is 23.3 Å². The molecule has 0 atom stereocenters. The van der Waals surface area contributed by atoms with Gasteiger partial charge in [0, 0.05) is 29.7 Å². The van der Waals surface area contributed by atoms with Crippen LogP contribution < -0.4 is 23.7 Å². The summed E-state index contributed by atoms with van der Waals surface area (Å²) in [5.41, 5.74) is 0.632. The first-order chi connectivity index (χ1) is 18.1. The molecule has 0 radical (unpaired) electrons. The van der Waals surface area contributed by atoms with Crippen molar-refractivity contribution in [2.45, 2.75) is 5.75 Å². The Morgan fingerprint density at radius 2 is 1.45 bits per heavy atom. The number of hydrogen-bond acceptors (Lipinski definition) is 10. The molecule has 0 N–H and O–H groups in total. The van der Waals surface area contributed by atoms with Crippen molar-refractivity contribution >= 4 is 27.6 Å². The fourth-order valence-corrected chi connectivity index (χ4v) is 4.50. The zero-order chi connectivity index (χ0) is 27.9. The molecule has 0 saturated heterocycles. The number of ether oxygens (including phenoxy) is 5. The van der Waals surface area contributed by atoms with Crippen LogP contribution in [0.3, 0.4) is 0 Å². The van der Waals surface area contributed by atoms with Crippen molar-refractivity contribution in [3.8, 4) is 28.7 Å². The van der Waals surface area contributed by atoms with E-state index in [-0.39, 0.29) is 22.7 Å². The Kier molecular flexibility index (Phi) is 8.92. The summed E-state index contributed by atoms with van der Waals surface area (Å²) in [6, 6.07) is 12.5. The summed E-state index contributed by atoms with van der Waals surface area (Å²) in [7, 11) is 1.94. The number of sulfone groups is 1. The zero-order valence-electron chi connectivity index (χ0n) is 21.0. The summed E-state index contributed by atoms with van der Waals surface area (Å²) in [4.78, 5) is 22.8. The average molecular weight is 544 g/mol. The fraction of sp³-hybridized carbons (Fsp3) is 0.192. The SMILES string of the molecule is COc1cc(OC)c(C=CS(=O)(=O)Cc2ccc(OC)c(OC(=O)c3ccc([N+](=O)[O-])cc3)c2)c(OC)c1. The molecule has 38 heavy (non-hydrogen) atoms. The highest BCUT2D eigenvalue weighted by Gasteiger charge is 2.18. The number of nitro benzene ring substituents is 1. The Morgan fingerprint density at radius 1 is 0.842 bits per heavy atom. The quantitative estimate of drug-likeness (QED) is 0.148. The molecule has 3 aromatic rings. The first kappa shape index (κ1) is 28.0. The Labute approximate surface area is 219 Å². The number of nitrogens with zero attached hydrogens (tertiary/aromatic N) is 1. The van der Waals surface area contributed by atoms with Crippen LogP contribution in [0.4, 0.5) is 5.69 Å². The second-order valence-electron chi connectivity index (χ2n) is 7.73. The topological polar surface area (TPSA) is 140 Å². The normalized spacial score (nSPS) is 11.2. The van der Waals surface area contributed by atoms with Gasteiger partial charge in [0.25, 0.3) is 5.69 Å². The number of non-ortho nitro benzene ring substituents is 1. The predicted octanol–water partition coefficient (Wildman–Crippen LogP) is 4.43. The van der Waals surface area contributed by atoms with Crippen LogP contribution in [0.5, 0.6) is 28.7 Å². The molecule has 0 saturated carbocycles. The average Bonchev–Trinajstić information content (AvgIpc) is 2.91. The Bertz CT molecular complexity index is 1440. The lowest BCUT2D eigenvalue weighted by Crippen LogP contribution is -2.10. The Balaban J connectivity index is 1.84. The lowest BCUT2D eigenvalue weighted by molar-refractivity contribution is -0.384. The Hall–Kier alpha value is -4.58. The summed E-state index contributed by atoms with van der Waals surface area (Å²) >= 11 is 0. The summed E-state index contributed by atoms with van der Waals surface area (Å²) in [5, 5.41) is 11.9. The smallest absolute Gasteiger partial charge is 0.343 e. The minimum Gasteiger partial charge on any atom is -0.496 e. The molecule has 0 aliphatic rings. The van der Waals surface area contributed by atoms with Gasteiger partial charge in [-0.1, -0.05) is 6.07 Å². The van der Waals surface area contributed by atoms with Crippen molar-refractivity contribution in [1.82, 2.24) is 0 Å². The molecule has 0 amide bonds. The van der Waals surface area contributed by atoms with Gasteiger partial charge in [-0.3, -0.25) is 10.1 Å². The molecule has 3 aromatic carbocycles. The maximum atomic E-state index is 12.9. The second kappa shape index (κ2) is 12.1. The van der Waals surface area contributed by atoms with Gasteiger partial charge in [-0.05, 0) is 35.9 Å². The molecule has 3 rings (SSSR count). The van der Waals surface area contributed by atoms with Gasteiger partial charge in [0.1, 0.15) is 17.2 Å². The second-order valence-corrected chi connectivity index (χ2v) is 9.62. The van der Waals surface area contributed by atoms with Gasteiger partial charge in [-0.25, -0.2) is 13.2 Å². The molecule has 0 unspecified atom stereocenters. The molecule has 0 heterocycles. The van der Waals surface area contributed by atoms with E-state index < -0.39 is 26.5 Å². The van der Waals surface area contributed by atoms with Gasteiger partial charge in [-0.15, -0.1) is 0 Å². The third-order valence-electron chi connectivity index (χ3n) is 5.31. The van der Waals surface area contributed by atoms with Crippen molar-refractivity contribution in [3.05, 3.63) is 86.8 Å². The van der Waals surface area contributed by atoms with E-state index in [1.165, 1.54) is 77.0 Å². The number of benzene rings is 3. The fourth-order valence-electron chi connectivity index (χ4n) is 3.42. The highest BCUT2D eigenvalue weighted by molar-refractivity contribution is 7.93. The van der Waals surface area contributed by atoms with Crippen LogP contribution in [0.1, 0.15) is 21.5 Å². The zero-order valence-corrected chi connectivity index (χ0v) is 21.8. The lowest BCUT2D eigenvalue weighted by Gasteiger charge is -2.13. The number of nitro groups is 1. The van der Waals surface area contributed by atoms with E-state index >= 15 is 0 Å². The maximum Gasteiger partial charge on any atom is 0.343 e. The van der Waals surface area contributed by atoms with E-state index in [0.29, 0.717) is 28.4 Å². The molecule has 11 nitrogen and oxygen atoms in total. The van der Waals surface area contributed by atoms with Crippen LogP contribution in [-0.2, 0) is 15.6 Å². The summed E-state index contributed by atoms with van der Waals surface area (Å²) < 4.78 is 52.3. The van der Waals surface area contributed by atoms with Crippen molar-refractivity contribution in [2.24, 2.45) is 0 Å². The number of carbonyl (C=O) groups is 1. The van der Waals surface area contributed by atoms with Crippen LogP contribution in [0.25, 0.3) is 6.08 Å². The molecule has 0 aromatic heterocycles. The van der Waals surface area contributed by atoms with Gasteiger partial charge in [0.05, 0.1) is 50.2 Å². The molecule has 0 fully saturated rings. The van der Waals surface area contributed by atoms with Crippen LogP contribution in [-0.4, -0.2) is 47.7 Å². The Morgan fingerprint density at radius 3 is 1.97 bits per heavy atom. The highest BCUT2D eigenvalue weighted by Crippen LogP contribution is 2.35. The van der Waals surface area contributed by atoms with Crippen molar-refractivity contribution < 1.29 is 41.8 Å². The standard InChI is InChI=1S/C26H25NO10S/c1-33-20-14-23(35-3)21(24(15-20)36-4)11-12-38(31,32)16-17-5-10-22(34-2)25(13-17)37-26(28)18-6-8-19(9-7-18)27(29)30/h5-15H,16H2,1-4H3. The third kappa shape index (κ3) is 6.79. The molecular formula is C26H25NO10S. The van der Waals surface area contributed by atoms with Crippen molar-refractivity contribution in [1.29, 1.82) is 0 Å². The van der Waals surface area contributed by atoms with Crippen LogP contribution >= 0.6 is 0 Å². The number of hydrogen-bond donors (Lipinski definition) is 0. The van der Waals surface area contributed by atoms with E-state index in [0.717, 1.165) is 5.41 Å². The monoisotopic (exact) mass is 543 g/mol. The van der Waals surface area contributed by atoms with E-state index in [1.54, 1.807) is 12.1 Å². The van der Waals surface area contributed by atoms with Gasteiger partial charge < -0.3 is 23.7 Å². The van der Waals surface area contributed by atoms with Gasteiger partial charge >= 0.3 is 5.97 Å². The molecule has 0 aliphatic heterocycles. The van der Waals surface area contributed by atoms with Crippen molar-refractivity contribution in [3.63, 3.8) is 0 Å². The van der Waals surface area contributed by atoms with Crippen LogP contribution in [0.15, 0.2) is 60.0 Å². The largest absolute Gasteiger partial charge is 0.496 e. The maximum absolute atomic E-state index is 12.9. The van der Waals surface area contributed by atoms with E-state index in [4.69, 9.17) is 23.7 Å². The van der Waals surface area contributed by atoms with Crippen LogP contribution in [0.2, 0.25) is 0 Å². The van der Waals surface area contributed by atoms with E-state index in [1.807, 2.05) is 0 Å². The lowest BCUT2D eigenvalue weighted by atomic mass is 10.1. The first-order valence-corrected chi connectivity index (χ1v) is 12.7. The molecule has 200 valence electrons. The third-order valence-corrected chi connectivity index (χ3v) is 6.59. The van der Waals surface area contributed by atoms with Crippen molar-refractivity contribution in [2.75, 3.05) is 28.4 Å². The van der Waals surface area contributed by atoms with Gasteiger partial charge in [0.15, 0.2) is 21.3 Å². The molecule has 0 bridgehead atoms. The predicted molar refractivity (Wildman–Crippen MR) is 139 cm³/mol. The summed E-state index contributed by atoms with van der Waals surface area (Å²) in [6.45, 7) is 0. The number of carbonyl (C=O) groups excluding carboxylic acids is 1. The van der Waals surface area contributed by atoms with E-state index in [2.05, 4.69) is 0 Å². The minimum atomic E-state index is -3.80. The molecule has 12 heteroatoms. The number of rotatable bonds is 11. The number of methoxy groups -OCH3 is 4. The minimum absolute atomic E-state index is 0.00831. The molecular weight excluding hydrogens is 518 g/mol. The highest BCUT2D eigenvalue weighted by atomic mass is 32.2. The van der Waals surface area contributed by atoms with Crippen LogP contribution in [0, 0.1) is 10.1 Å². The summed E-state index contributed by atoms with van der Waals surface area (Å²) in [5.74, 6) is 0.186.